The highest BCUT2D eigenvalue weighted by molar-refractivity contribution is 5.93. The molecule has 0 heterocycles. The van der Waals surface area contributed by atoms with Crippen LogP contribution in [0.3, 0.4) is 0 Å². The zero-order valence-electron chi connectivity index (χ0n) is 11.4. The van der Waals surface area contributed by atoms with Crippen molar-refractivity contribution in [1.82, 2.24) is 0 Å². The minimum Gasteiger partial charge on any atom is -0.459 e. The van der Waals surface area contributed by atoms with E-state index in [2.05, 4.69) is 0 Å². The fraction of sp³-hybridized carbons (Fsp3) is 0.250. The van der Waals surface area contributed by atoms with E-state index in [1.165, 1.54) is 6.08 Å². The van der Waals surface area contributed by atoms with Gasteiger partial charge in [-0.05, 0) is 38.0 Å². The number of nitrogens with zero attached hydrogens (tertiary/aromatic N) is 1. The molecule has 3 heteroatoms. The van der Waals surface area contributed by atoms with Gasteiger partial charge in [-0.1, -0.05) is 36.4 Å². The Morgan fingerprint density at radius 3 is 2.47 bits per heavy atom. The summed E-state index contributed by atoms with van der Waals surface area (Å²) in [7, 11) is 0. The Labute approximate surface area is 113 Å². The number of esters is 1. The van der Waals surface area contributed by atoms with Gasteiger partial charge in [-0.2, -0.15) is 5.26 Å². The maximum absolute atomic E-state index is 11.6. The summed E-state index contributed by atoms with van der Waals surface area (Å²) in [5, 5.41) is 8.98. The van der Waals surface area contributed by atoms with Crippen molar-refractivity contribution in [3.63, 3.8) is 0 Å². The van der Waals surface area contributed by atoms with Gasteiger partial charge in [0.05, 0.1) is 6.10 Å². The molecule has 0 bridgehead atoms. The van der Waals surface area contributed by atoms with Gasteiger partial charge in [0, 0.05) is 0 Å². The maximum Gasteiger partial charge on any atom is 0.349 e. The first-order valence-electron chi connectivity index (χ1n) is 6.09. The lowest BCUT2D eigenvalue weighted by molar-refractivity contribution is -0.142. The molecule has 0 amide bonds. The predicted molar refractivity (Wildman–Crippen MR) is 75.0 cm³/mol. The zero-order chi connectivity index (χ0) is 14.3. The van der Waals surface area contributed by atoms with E-state index in [1.807, 2.05) is 49.4 Å². The van der Waals surface area contributed by atoms with Crippen LogP contribution >= 0.6 is 0 Å². The Kier molecular flexibility index (Phi) is 5.56. The van der Waals surface area contributed by atoms with E-state index >= 15 is 0 Å². The molecule has 0 N–H and O–H groups in total. The van der Waals surface area contributed by atoms with Crippen LogP contribution < -0.4 is 0 Å². The van der Waals surface area contributed by atoms with E-state index in [4.69, 9.17) is 10.00 Å². The average molecular weight is 255 g/mol. The van der Waals surface area contributed by atoms with E-state index in [0.29, 0.717) is 0 Å². The molecule has 0 aliphatic heterocycles. The van der Waals surface area contributed by atoms with E-state index < -0.39 is 5.97 Å². The quantitative estimate of drug-likeness (QED) is 0.358. The number of benzene rings is 1. The van der Waals surface area contributed by atoms with Crippen LogP contribution in [0.4, 0.5) is 0 Å². The number of hydrogen-bond donors (Lipinski definition) is 0. The van der Waals surface area contributed by atoms with E-state index in [-0.39, 0.29) is 11.7 Å². The molecule has 0 saturated carbocycles. The smallest absolute Gasteiger partial charge is 0.349 e. The second kappa shape index (κ2) is 7.17. The molecule has 3 nitrogen and oxygen atoms in total. The number of nitriles is 1. The Bertz CT molecular complexity index is 534. The molecule has 0 saturated heterocycles. The molecule has 0 radical (unpaired) electrons. The minimum atomic E-state index is -0.585. The Morgan fingerprint density at radius 2 is 1.95 bits per heavy atom. The summed E-state index contributed by atoms with van der Waals surface area (Å²) in [6, 6.07) is 11.6. The van der Waals surface area contributed by atoms with E-state index in [0.717, 1.165) is 11.1 Å². The van der Waals surface area contributed by atoms with Crippen molar-refractivity contribution in [1.29, 1.82) is 5.26 Å². The third kappa shape index (κ3) is 5.22. The second-order valence-corrected chi connectivity index (χ2v) is 4.42. The van der Waals surface area contributed by atoms with Crippen LogP contribution in [0.25, 0.3) is 6.08 Å². The van der Waals surface area contributed by atoms with Gasteiger partial charge in [0.25, 0.3) is 0 Å². The summed E-state index contributed by atoms with van der Waals surface area (Å²) in [6.45, 7) is 5.34. The van der Waals surface area contributed by atoms with Gasteiger partial charge < -0.3 is 4.74 Å². The molecular formula is C16H17NO2. The highest BCUT2D eigenvalue weighted by Gasteiger charge is 2.11. The molecule has 0 spiro atoms. The highest BCUT2D eigenvalue weighted by Crippen LogP contribution is 2.10. The SMILES string of the molecule is CC(=C\c1ccccc1)/C=C(\C#N)C(=O)OC(C)C. The summed E-state index contributed by atoms with van der Waals surface area (Å²) in [5.74, 6) is -0.585. The first-order chi connectivity index (χ1) is 9.02. The molecule has 1 aromatic carbocycles. The standard InChI is InChI=1S/C16H17NO2/c1-12(2)19-16(18)15(11-17)10-13(3)9-14-7-5-4-6-8-14/h4-10,12H,1-3H3/b13-9+,15-10+. The lowest BCUT2D eigenvalue weighted by Gasteiger charge is -2.06. The predicted octanol–water partition coefficient (Wildman–Crippen LogP) is 3.49. The third-order valence-corrected chi connectivity index (χ3v) is 2.25. The lowest BCUT2D eigenvalue weighted by Crippen LogP contribution is -2.12. The third-order valence-electron chi connectivity index (χ3n) is 2.25. The number of ether oxygens (including phenoxy) is 1. The van der Waals surface area contributed by atoms with Gasteiger partial charge in [0.1, 0.15) is 11.6 Å². The van der Waals surface area contributed by atoms with Crippen LogP contribution in [0.1, 0.15) is 26.3 Å². The molecule has 0 unspecified atom stereocenters. The normalized spacial score (nSPS) is 12.2. The van der Waals surface area contributed by atoms with E-state index in [9.17, 15) is 4.79 Å². The highest BCUT2D eigenvalue weighted by atomic mass is 16.5. The number of allylic oxidation sites excluding steroid dienone is 2. The molecule has 0 aliphatic rings. The van der Waals surface area contributed by atoms with Gasteiger partial charge in [-0.25, -0.2) is 4.79 Å². The summed E-state index contributed by atoms with van der Waals surface area (Å²) in [6.07, 6.45) is 3.21. The van der Waals surface area contributed by atoms with Crippen molar-refractivity contribution in [2.45, 2.75) is 26.9 Å². The van der Waals surface area contributed by atoms with Crippen LogP contribution in [-0.2, 0) is 9.53 Å². The number of carbonyl (C=O) groups excluding carboxylic acids is 1. The number of carbonyl (C=O) groups is 1. The topological polar surface area (TPSA) is 50.1 Å². The van der Waals surface area contributed by atoms with Crippen LogP contribution in [0.15, 0.2) is 47.6 Å². The molecule has 0 atom stereocenters. The maximum atomic E-state index is 11.6. The van der Waals surface area contributed by atoms with Crippen LogP contribution in [0.5, 0.6) is 0 Å². The summed E-state index contributed by atoms with van der Waals surface area (Å²) < 4.78 is 5.00. The van der Waals surface area contributed by atoms with Crippen molar-refractivity contribution < 1.29 is 9.53 Å². The fourth-order valence-electron chi connectivity index (χ4n) is 1.50. The minimum absolute atomic E-state index is 0.0124. The van der Waals surface area contributed by atoms with Crippen LogP contribution in [-0.4, -0.2) is 12.1 Å². The van der Waals surface area contributed by atoms with Crippen molar-refractivity contribution in [3.05, 3.63) is 53.1 Å². The summed E-state index contributed by atoms with van der Waals surface area (Å²) in [4.78, 5) is 11.6. The summed E-state index contributed by atoms with van der Waals surface area (Å²) in [5.41, 5.74) is 1.85. The number of rotatable bonds is 4. The number of hydrogen-bond acceptors (Lipinski definition) is 3. The first kappa shape index (κ1) is 14.7. The Balaban J connectivity index is 2.90. The first-order valence-corrected chi connectivity index (χ1v) is 6.09. The monoisotopic (exact) mass is 255 g/mol. The lowest BCUT2D eigenvalue weighted by atomic mass is 10.1. The van der Waals surface area contributed by atoms with E-state index in [1.54, 1.807) is 13.8 Å². The van der Waals surface area contributed by atoms with Gasteiger partial charge in [0.2, 0.25) is 0 Å². The van der Waals surface area contributed by atoms with Gasteiger partial charge in [-0.15, -0.1) is 0 Å². The molecule has 0 fully saturated rings. The van der Waals surface area contributed by atoms with Crippen molar-refractivity contribution in [2.24, 2.45) is 0 Å². The fourth-order valence-corrected chi connectivity index (χ4v) is 1.50. The largest absolute Gasteiger partial charge is 0.459 e. The van der Waals surface area contributed by atoms with Crippen LogP contribution in [0.2, 0.25) is 0 Å². The van der Waals surface area contributed by atoms with Crippen molar-refractivity contribution in [3.8, 4) is 6.07 Å². The molecule has 1 aromatic rings. The molecule has 98 valence electrons. The molecule has 19 heavy (non-hydrogen) atoms. The average Bonchev–Trinajstić information content (AvgIpc) is 2.36. The second-order valence-electron chi connectivity index (χ2n) is 4.42. The molecule has 0 aliphatic carbocycles. The van der Waals surface area contributed by atoms with Crippen molar-refractivity contribution in [2.75, 3.05) is 0 Å². The molecule has 1 rings (SSSR count). The Hall–Kier alpha value is -2.34. The van der Waals surface area contributed by atoms with Crippen LogP contribution in [0, 0.1) is 11.3 Å². The van der Waals surface area contributed by atoms with Gasteiger partial charge >= 0.3 is 5.97 Å². The Morgan fingerprint density at radius 1 is 1.32 bits per heavy atom. The molecular weight excluding hydrogens is 238 g/mol. The van der Waals surface area contributed by atoms with Gasteiger partial charge in [-0.3, -0.25) is 0 Å². The zero-order valence-corrected chi connectivity index (χ0v) is 11.4. The molecule has 0 aromatic heterocycles. The summed E-state index contributed by atoms with van der Waals surface area (Å²) >= 11 is 0. The van der Waals surface area contributed by atoms with Gasteiger partial charge in [0.15, 0.2) is 0 Å². The van der Waals surface area contributed by atoms with Crippen molar-refractivity contribution >= 4 is 12.0 Å².